The van der Waals surface area contributed by atoms with Crippen LogP contribution in [0.5, 0.6) is 0 Å². The number of aromatic nitrogens is 1. The average molecular weight is 253 g/mol. The second-order valence-corrected chi connectivity index (χ2v) is 4.64. The number of fused-ring (bicyclic) bond motifs is 1. The van der Waals surface area contributed by atoms with Crippen LogP contribution in [-0.4, -0.2) is 4.98 Å². The zero-order valence-corrected chi connectivity index (χ0v) is 10.9. The molecule has 0 spiro atoms. The van der Waals surface area contributed by atoms with Crippen molar-refractivity contribution >= 4 is 28.5 Å². The Morgan fingerprint density at radius 1 is 1.11 bits per heavy atom. The Kier molecular flexibility index (Phi) is 2.63. The predicted octanol–water partition coefficient (Wildman–Crippen LogP) is 3.77. The summed E-state index contributed by atoms with van der Waals surface area (Å²) < 4.78 is 5.62. The first kappa shape index (κ1) is 11.6. The lowest BCUT2D eigenvalue weighted by atomic mass is 10.1. The van der Waals surface area contributed by atoms with E-state index < -0.39 is 0 Å². The molecule has 0 radical (unpaired) electrons. The first-order valence-corrected chi connectivity index (χ1v) is 6.13. The maximum absolute atomic E-state index is 5.86. The van der Waals surface area contributed by atoms with Crippen molar-refractivity contribution in [3.63, 3.8) is 0 Å². The third-order valence-corrected chi connectivity index (χ3v) is 3.21. The topological polar surface area (TPSA) is 64.1 Å². The molecule has 0 fully saturated rings. The number of anilines is 3. The highest BCUT2D eigenvalue weighted by molar-refractivity contribution is 5.86. The molecule has 1 aromatic heterocycles. The van der Waals surface area contributed by atoms with E-state index in [1.807, 2.05) is 24.3 Å². The molecule has 0 aliphatic carbocycles. The highest BCUT2D eigenvalue weighted by atomic mass is 16.4. The van der Waals surface area contributed by atoms with Crippen LogP contribution in [0.15, 0.2) is 40.8 Å². The summed E-state index contributed by atoms with van der Waals surface area (Å²) in [7, 11) is 0. The Labute approximate surface area is 111 Å². The monoisotopic (exact) mass is 253 g/mol. The van der Waals surface area contributed by atoms with Crippen LogP contribution in [-0.2, 0) is 0 Å². The van der Waals surface area contributed by atoms with E-state index in [4.69, 9.17) is 10.2 Å². The number of nitrogens with zero attached hydrogens (tertiary/aromatic N) is 1. The van der Waals surface area contributed by atoms with Crippen molar-refractivity contribution in [3.05, 3.63) is 47.5 Å². The molecule has 0 aliphatic rings. The van der Waals surface area contributed by atoms with Crippen LogP contribution in [0.3, 0.4) is 0 Å². The van der Waals surface area contributed by atoms with E-state index in [1.165, 1.54) is 11.1 Å². The Hall–Kier alpha value is -2.49. The minimum Gasteiger partial charge on any atom is -0.423 e. The van der Waals surface area contributed by atoms with Crippen LogP contribution in [0.1, 0.15) is 11.1 Å². The first-order chi connectivity index (χ1) is 9.13. The van der Waals surface area contributed by atoms with Crippen molar-refractivity contribution < 1.29 is 4.42 Å². The van der Waals surface area contributed by atoms with Crippen LogP contribution >= 0.6 is 0 Å². The third kappa shape index (κ3) is 2.12. The lowest BCUT2D eigenvalue weighted by Gasteiger charge is -2.04. The Bertz CT molecular complexity index is 746. The predicted molar refractivity (Wildman–Crippen MR) is 77.6 cm³/mol. The van der Waals surface area contributed by atoms with Crippen molar-refractivity contribution in [1.29, 1.82) is 0 Å². The number of nitrogens with one attached hydrogen (secondary N) is 1. The zero-order chi connectivity index (χ0) is 13.4. The molecular formula is C15H15N3O. The highest BCUT2D eigenvalue weighted by Crippen LogP contribution is 2.26. The average Bonchev–Trinajstić information content (AvgIpc) is 2.78. The summed E-state index contributed by atoms with van der Waals surface area (Å²) in [4.78, 5) is 4.36. The fourth-order valence-corrected chi connectivity index (χ4v) is 1.97. The number of para-hydroxylation sites is 1. The van der Waals surface area contributed by atoms with Gasteiger partial charge in [0.05, 0.1) is 5.69 Å². The number of nitrogens with two attached hydrogens (primary N) is 1. The normalized spacial score (nSPS) is 10.8. The van der Waals surface area contributed by atoms with Gasteiger partial charge in [0.2, 0.25) is 0 Å². The van der Waals surface area contributed by atoms with Gasteiger partial charge in [-0.1, -0.05) is 12.1 Å². The summed E-state index contributed by atoms with van der Waals surface area (Å²) in [5, 5.41) is 3.16. The standard InChI is InChI=1S/C15H15N3O/c1-9-6-7-11(8-10(9)2)17-15-18-14-12(16)4-3-5-13(14)19-15/h3-8H,16H2,1-2H3,(H,17,18). The second kappa shape index (κ2) is 4.31. The van der Waals surface area contributed by atoms with Crippen LogP contribution in [0.25, 0.3) is 11.1 Å². The molecule has 0 bridgehead atoms. The molecule has 19 heavy (non-hydrogen) atoms. The minimum absolute atomic E-state index is 0.455. The molecule has 0 aliphatic heterocycles. The number of hydrogen-bond acceptors (Lipinski definition) is 4. The lowest BCUT2D eigenvalue weighted by molar-refractivity contribution is 0.623. The SMILES string of the molecule is Cc1ccc(Nc2nc3c(N)cccc3o2)cc1C. The van der Waals surface area contributed by atoms with E-state index in [0.717, 1.165) is 5.69 Å². The summed E-state index contributed by atoms with van der Waals surface area (Å²) in [6.07, 6.45) is 0. The number of oxazole rings is 1. The van der Waals surface area contributed by atoms with Gasteiger partial charge in [0.1, 0.15) is 5.52 Å². The maximum atomic E-state index is 5.86. The number of rotatable bonds is 2. The molecular weight excluding hydrogens is 238 g/mol. The van der Waals surface area contributed by atoms with Gasteiger partial charge < -0.3 is 15.5 Å². The van der Waals surface area contributed by atoms with Gasteiger partial charge in [-0.05, 0) is 49.2 Å². The molecule has 3 N–H and O–H groups in total. The van der Waals surface area contributed by atoms with Crippen LogP contribution < -0.4 is 11.1 Å². The molecule has 4 heteroatoms. The Morgan fingerprint density at radius 2 is 1.95 bits per heavy atom. The van der Waals surface area contributed by atoms with Gasteiger partial charge in [0, 0.05) is 5.69 Å². The Balaban J connectivity index is 1.96. The van der Waals surface area contributed by atoms with Gasteiger partial charge in [-0.15, -0.1) is 0 Å². The van der Waals surface area contributed by atoms with E-state index in [-0.39, 0.29) is 0 Å². The third-order valence-electron chi connectivity index (χ3n) is 3.21. The zero-order valence-electron chi connectivity index (χ0n) is 10.9. The molecule has 4 nitrogen and oxygen atoms in total. The Morgan fingerprint density at radius 3 is 2.68 bits per heavy atom. The van der Waals surface area contributed by atoms with Crippen LogP contribution in [0, 0.1) is 13.8 Å². The van der Waals surface area contributed by atoms with Gasteiger partial charge in [-0.25, -0.2) is 0 Å². The molecule has 0 saturated carbocycles. The summed E-state index contributed by atoms with van der Waals surface area (Å²) >= 11 is 0. The molecule has 3 rings (SSSR count). The van der Waals surface area contributed by atoms with Crippen molar-refractivity contribution in [2.24, 2.45) is 0 Å². The number of nitrogen functional groups attached to an aromatic ring is 1. The van der Waals surface area contributed by atoms with Crippen molar-refractivity contribution in [2.45, 2.75) is 13.8 Å². The summed E-state index contributed by atoms with van der Waals surface area (Å²) in [5.41, 5.74) is 11.3. The minimum atomic E-state index is 0.455. The molecule has 0 amide bonds. The number of benzene rings is 2. The van der Waals surface area contributed by atoms with Gasteiger partial charge in [0.15, 0.2) is 5.58 Å². The quantitative estimate of drug-likeness (QED) is 0.682. The summed E-state index contributed by atoms with van der Waals surface area (Å²) in [6.45, 7) is 4.16. The largest absolute Gasteiger partial charge is 0.423 e. The molecule has 0 saturated heterocycles. The maximum Gasteiger partial charge on any atom is 0.300 e. The molecule has 1 heterocycles. The van der Waals surface area contributed by atoms with E-state index >= 15 is 0 Å². The van der Waals surface area contributed by atoms with Crippen molar-refractivity contribution in [1.82, 2.24) is 4.98 Å². The van der Waals surface area contributed by atoms with Gasteiger partial charge in [0.25, 0.3) is 6.01 Å². The molecule has 2 aromatic carbocycles. The van der Waals surface area contributed by atoms with E-state index in [0.29, 0.717) is 22.8 Å². The summed E-state index contributed by atoms with van der Waals surface area (Å²) in [6, 6.07) is 12.1. The van der Waals surface area contributed by atoms with Crippen molar-refractivity contribution in [2.75, 3.05) is 11.1 Å². The fourth-order valence-electron chi connectivity index (χ4n) is 1.97. The highest BCUT2D eigenvalue weighted by Gasteiger charge is 2.08. The van der Waals surface area contributed by atoms with E-state index in [1.54, 1.807) is 0 Å². The first-order valence-electron chi connectivity index (χ1n) is 6.13. The van der Waals surface area contributed by atoms with Gasteiger partial charge in [-0.2, -0.15) is 4.98 Å². The fraction of sp³-hybridized carbons (Fsp3) is 0.133. The molecule has 96 valence electrons. The summed E-state index contributed by atoms with van der Waals surface area (Å²) in [5.74, 6) is 0. The molecule has 0 unspecified atom stereocenters. The molecule has 0 atom stereocenters. The smallest absolute Gasteiger partial charge is 0.300 e. The van der Waals surface area contributed by atoms with Crippen LogP contribution in [0.4, 0.5) is 17.4 Å². The van der Waals surface area contributed by atoms with Crippen molar-refractivity contribution in [3.8, 4) is 0 Å². The van der Waals surface area contributed by atoms with Gasteiger partial charge in [-0.3, -0.25) is 0 Å². The van der Waals surface area contributed by atoms with E-state index in [2.05, 4.69) is 36.3 Å². The number of aryl methyl sites for hydroxylation is 2. The van der Waals surface area contributed by atoms with Gasteiger partial charge >= 0.3 is 0 Å². The van der Waals surface area contributed by atoms with E-state index in [9.17, 15) is 0 Å². The number of hydrogen-bond donors (Lipinski definition) is 2. The van der Waals surface area contributed by atoms with Crippen LogP contribution in [0.2, 0.25) is 0 Å². The lowest BCUT2D eigenvalue weighted by Crippen LogP contribution is -1.92. The molecule has 3 aromatic rings. The second-order valence-electron chi connectivity index (χ2n) is 4.64.